The van der Waals surface area contributed by atoms with Gasteiger partial charge in [0.15, 0.2) is 0 Å². The van der Waals surface area contributed by atoms with Crippen molar-refractivity contribution >= 4 is 5.91 Å². The summed E-state index contributed by atoms with van der Waals surface area (Å²) in [5, 5.41) is 11.5. The minimum Gasteiger partial charge on any atom is -0.384 e. The Bertz CT molecular complexity index is 645. The molecule has 0 radical (unpaired) electrons. The molecule has 2 heterocycles. The fraction of sp³-hybridized carbons (Fsp3) is 0.133. The number of nitrogens with zero attached hydrogens (tertiary/aromatic N) is 2. The minimum atomic E-state index is -0.301. The molecule has 2 rings (SSSR count). The van der Waals surface area contributed by atoms with Crippen LogP contribution in [0.5, 0.6) is 0 Å². The van der Waals surface area contributed by atoms with Crippen molar-refractivity contribution in [2.24, 2.45) is 0 Å². The number of hydrogen-bond acceptors (Lipinski definition) is 4. The molecular formula is C15H13N3O2. The Labute approximate surface area is 116 Å². The van der Waals surface area contributed by atoms with E-state index in [4.69, 9.17) is 5.11 Å². The first-order valence-electron chi connectivity index (χ1n) is 6.03. The molecule has 2 N–H and O–H groups in total. The Balaban J connectivity index is 2.09. The Morgan fingerprint density at radius 2 is 2.05 bits per heavy atom. The first-order chi connectivity index (χ1) is 9.81. The lowest BCUT2D eigenvalue weighted by molar-refractivity contribution is 0.0945. The Morgan fingerprint density at radius 3 is 2.80 bits per heavy atom. The summed E-state index contributed by atoms with van der Waals surface area (Å²) in [4.78, 5) is 20.0. The molecule has 0 unspecified atom stereocenters. The molecule has 0 aromatic carbocycles. The normalized spacial score (nSPS) is 9.45. The molecule has 0 aliphatic rings. The molecule has 0 aliphatic carbocycles. The molecule has 0 spiro atoms. The van der Waals surface area contributed by atoms with E-state index >= 15 is 0 Å². The number of aliphatic hydroxyl groups excluding tert-OH is 1. The zero-order valence-corrected chi connectivity index (χ0v) is 10.7. The van der Waals surface area contributed by atoms with Gasteiger partial charge in [0.25, 0.3) is 5.91 Å². The summed E-state index contributed by atoms with van der Waals surface area (Å²) < 4.78 is 0. The molecule has 20 heavy (non-hydrogen) atoms. The van der Waals surface area contributed by atoms with E-state index in [0.29, 0.717) is 12.1 Å². The average Bonchev–Trinajstić information content (AvgIpc) is 2.52. The Morgan fingerprint density at radius 1 is 1.25 bits per heavy atom. The number of amides is 1. The number of carbonyl (C=O) groups is 1. The monoisotopic (exact) mass is 267 g/mol. The first kappa shape index (κ1) is 13.7. The molecule has 0 atom stereocenters. The van der Waals surface area contributed by atoms with E-state index in [9.17, 15) is 4.79 Å². The summed E-state index contributed by atoms with van der Waals surface area (Å²) in [6, 6.07) is 7.04. The summed E-state index contributed by atoms with van der Waals surface area (Å²) >= 11 is 0. The molecule has 0 saturated heterocycles. The molecule has 5 heteroatoms. The maximum atomic E-state index is 12.1. The van der Waals surface area contributed by atoms with Gasteiger partial charge < -0.3 is 10.4 Å². The number of rotatable bonds is 3. The standard InChI is InChI=1S/C15H13N3O2/c19-10-2-4-13-3-1-7-17-14(13)15(20)18-11-12-5-8-16-9-6-12/h1,3,5-9,19H,10-11H2,(H,18,20). The van der Waals surface area contributed by atoms with Gasteiger partial charge in [0.05, 0.1) is 5.56 Å². The number of hydrogen-bond donors (Lipinski definition) is 2. The van der Waals surface area contributed by atoms with Crippen molar-refractivity contribution in [1.82, 2.24) is 15.3 Å². The van der Waals surface area contributed by atoms with Crippen LogP contribution >= 0.6 is 0 Å². The zero-order chi connectivity index (χ0) is 14.2. The van der Waals surface area contributed by atoms with Crippen LogP contribution in [0.15, 0.2) is 42.9 Å². The van der Waals surface area contributed by atoms with Crippen LogP contribution in [0.25, 0.3) is 0 Å². The SMILES string of the molecule is O=C(NCc1ccncc1)c1ncccc1C#CCO. The van der Waals surface area contributed by atoms with Crippen molar-refractivity contribution in [2.45, 2.75) is 6.54 Å². The van der Waals surface area contributed by atoms with Crippen LogP contribution in [0.4, 0.5) is 0 Å². The highest BCUT2D eigenvalue weighted by atomic mass is 16.2. The van der Waals surface area contributed by atoms with E-state index in [0.717, 1.165) is 5.56 Å². The van der Waals surface area contributed by atoms with Crippen LogP contribution in [-0.4, -0.2) is 27.6 Å². The quantitative estimate of drug-likeness (QED) is 0.805. The highest BCUT2D eigenvalue weighted by molar-refractivity contribution is 5.94. The maximum absolute atomic E-state index is 12.1. The molecule has 0 fully saturated rings. The van der Waals surface area contributed by atoms with Gasteiger partial charge in [0.1, 0.15) is 12.3 Å². The molecule has 0 saturated carbocycles. The van der Waals surface area contributed by atoms with E-state index in [2.05, 4.69) is 27.1 Å². The van der Waals surface area contributed by atoms with E-state index in [1.54, 1.807) is 24.5 Å². The smallest absolute Gasteiger partial charge is 0.271 e. The Kier molecular flexibility index (Phi) is 4.81. The molecule has 5 nitrogen and oxygen atoms in total. The van der Waals surface area contributed by atoms with Gasteiger partial charge in [-0.25, -0.2) is 4.98 Å². The van der Waals surface area contributed by atoms with Crippen molar-refractivity contribution < 1.29 is 9.90 Å². The second-order valence-electron chi connectivity index (χ2n) is 3.90. The summed E-state index contributed by atoms with van der Waals surface area (Å²) in [5.41, 5.74) is 1.70. The minimum absolute atomic E-state index is 0.252. The summed E-state index contributed by atoms with van der Waals surface area (Å²) in [6.07, 6.45) is 4.87. The molecule has 100 valence electrons. The zero-order valence-electron chi connectivity index (χ0n) is 10.7. The van der Waals surface area contributed by atoms with Gasteiger partial charge in [-0.05, 0) is 29.8 Å². The van der Waals surface area contributed by atoms with E-state index < -0.39 is 0 Å². The highest BCUT2D eigenvalue weighted by Crippen LogP contribution is 2.04. The van der Waals surface area contributed by atoms with Gasteiger partial charge in [-0.15, -0.1) is 0 Å². The number of carbonyl (C=O) groups excluding carboxylic acids is 1. The second-order valence-corrected chi connectivity index (χ2v) is 3.90. The summed E-state index contributed by atoms with van der Waals surface area (Å²) in [6.45, 7) is 0.137. The summed E-state index contributed by atoms with van der Waals surface area (Å²) in [7, 11) is 0. The van der Waals surface area contributed by atoms with Crippen LogP contribution < -0.4 is 5.32 Å². The van der Waals surface area contributed by atoms with Crippen molar-refractivity contribution in [3.8, 4) is 11.8 Å². The van der Waals surface area contributed by atoms with Crippen molar-refractivity contribution in [3.05, 3.63) is 59.7 Å². The van der Waals surface area contributed by atoms with Crippen LogP contribution in [0, 0.1) is 11.8 Å². The predicted octanol–water partition coefficient (Wildman–Crippen LogP) is 0.750. The molecule has 0 bridgehead atoms. The van der Waals surface area contributed by atoms with Crippen LogP contribution in [0.2, 0.25) is 0 Å². The lowest BCUT2D eigenvalue weighted by Crippen LogP contribution is -2.24. The third kappa shape index (κ3) is 3.64. The van der Waals surface area contributed by atoms with Crippen molar-refractivity contribution in [3.63, 3.8) is 0 Å². The predicted molar refractivity (Wildman–Crippen MR) is 73.6 cm³/mol. The van der Waals surface area contributed by atoms with Crippen molar-refractivity contribution in [2.75, 3.05) is 6.61 Å². The van der Waals surface area contributed by atoms with Gasteiger partial charge in [0, 0.05) is 25.1 Å². The maximum Gasteiger partial charge on any atom is 0.271 e. The van der Waals surface area contributed by atoms with E-state index in [-0.39, 0.29) is 18.2 Å². The molecule has 2 aromatic heterocycles. The van der Waals surface area contributed by atoms with Crippen LogP contribution in [0.1, 0.15) is 21.6 Å². The second kappa shape index (κ2) is 7.02. The fourth-order valence-corrected chi connectivity index (χ4v) is 1.59. The molecule has 1 amide bonds. The molecular weight excluding hydrogens is 254 g/mol. The van der Waals surface area contributed by atoms with Gasteiger partial charge in [-0.2, -0.15) is 0 Å². The van der Waals surface area contributed by atoms with E-state index in [1.807, 2.05) is 12.1 Å². The van der Waals surface area contributed by atoms with Crippen LogP contribution in [-0.2, 0) is 6.54 Å². The first-order valence-corrected chi connectivity index (χ1v) is 6.03. The van der Waals surface area contributed by atoms with Gasteiger partial charge in [-0.1, -0.05) is 11.8 Å². The van der Waals surface area contributed by atoms with Gasteiger partial charge >= 0.3 is 0 Å². The average molecular weight is 267 g/mol. The lowest BCUT2D eigenvalue weighted by atomic mass is 10.2. The molecule has 0 aliphatic heterocycles. The van der Waals surface area contributed by atoms with Crippen molar-refractivity contribution in [1.29, 1.82) is 0 Å². The van der Waals surface area contributed by atoms with E-state index in [1.165, 1.54) is 6.20 Å². The number of aliphatic hydroxyl groups is 1. The number of nitrogens with one attached hydrogen (secondary N) is 1. The third-order valence-corrected chi connectivity index (χ3v) is 2.53. The Hall–Kier alpha value is -2.71. The topological polar surface area (TPSA) is 75.1 Å². The molecule has 2 aromatic rings. The summed E-state index contributed by atoms with van der Waals surface area (Å²) in [5.74, 6) is 4.92. The number of pyridine rings is 2. The largest absolute Gasteiger partial charge is 0.384 e. The third-order valence-electron chi connectivity index (χ3n) is 2.53. The van der Waals surface area contributed by atoms with Crippen LogP contribution in [0.3, 0.4) is 0 Å². The van der Waals surface area contributed by atoms with Gasteiger partial charge in [0.2, 0.25) is 0 Å². The number of aromatic nitrogens is 2. The fourth-order valence-electron chi connectivity index (χ4n) is 1.59. The highest BCUT2D eigenvalue weighted by Gasteiger charge is 2.10. The lowest BCUT2D eigenvalue weighted by Gasteiger charge is -2.06. The van der Waals surface area contributed by atoms with Gasteiger partial charge in [-0.3, -0.25) is 9.78 Å².